The van der Waals surface area contributed by atoms with Crippen molar-refractivity contribution in [1.82, 2.24) is 0 Å². The number of amides is 1. The summed E-state index contributed by atoms with van der Waals surface area (Å²) in [6.45, 7) is 0. The van der Waals surface area contributed by atoms with Crippen LogP contribution in [0.15, 0.2) is 4.99 Å². The fraction of sp³-hybridized carbons (Fsp3) is 0. The van der Waals surface area contributed by atoms with Crippen LogP contribution in [-0.4, -0.2) is 11.3 Å². The number of aliphatic imine (C=N–C) groups is 1. The first kappa shape index (κ1) is 6.23. The van der Waals surface area contributed by atoms with Crippen molar-refractivity contribution in [3.05, 3.63) is 0 Å². The molecule has 0 unspecified atom stereocenters. The van der Waals surface area contributed by atoms with E-state index < -0.39 is 5.37 Å². The predicted octanol–water partition coefficient (Wildman–Crippen LogP) is -0.381. The first-order valence-electron chi connectivity index (χ1n) is 1.42. The Bertz CT molecular complexity index is 106. The van der Waals surface area contributed by atoms with Crippen LogP contribution in [0.4, 0.5) is 4.79 Å². The molecule has 4 N–H and O–H groups in total. The molecule has 0 aromatic carbocycles. The van der Waals surface area contributed by atoms with Crippen molar-refractivity contribution >= 4 is 22.9 Å². The fourth-order valence-corrected chi connectivity index (χ4v) is 0.199. The first-order valence-corrected chi connectivity index (χ1v) is 1.80. The van der Waals surface area contributed by atoms with Gasteiger partial charge in [0.15, 0.2) is 5.96 Å². The first-order chi connectivity index (χ1) is 3.13. The summed E-state index contributed by atoms with van der Waals surface area (Å²) < 4.78 is 0. The Labute approximate surface area is 45.1 Å². The number of nitrogens with two attached hydrogens (primary N) is 2. The maximum atomic E-state index is 9.67. The van der Waals surface area contributed by atoms with E-state index in [1.165, 1.54) is 0 Å². The summed E-state index contributed by atoms with van der Waals surface area (Å²) in [5.74, 6) is -0.319. The van der Waals surface area contributed by atoms with Crippen molar-refractivity contribution in [2.45, 2.75) is 0 Å². The smallest absolute Gasteiger partial charge is 0.342 e. The molecular weight excluding hydrogens is 117 g/mol. The second-order valence-electron chi connectivity index (χ2n) is 0.790. The Morgan fingerprint density at radius 2 is 2.00 bits per heavy atom. The Morgan fingerprint density at radius 1 is 1.57 bits per heavy atom. The van der Waals surface area contributed by atoms with E-state index in [1.54, 1.807) is 0 Å². The molecule has 4 nitrogen and oxygen atoms in total. The summed E-state index contributed by atoms with van der Waals surface area (Å²) in [6.07, 6.45) is 0. The molecule has 40 valence electrons. The topological polar surface area (TPSA) is 81.5 Å². The van der Waals surface area contributed by atoms with Gasteiger partial charge in [-0.15, -0.1) is 0 Å². The standard InChI is InChI=1S/C2H4ClN3O/c3-1(7)6-2(4)5/h(H4,4,5,6,7). The summed E-state index contributed by atoms with van der Waals surface area (Å²) in [6, 6.07) is 0. The number of rotatable bonds is 0. The monoisotopic (exact) mass is 121 g/mol. The van der Waals surface area contributed by atoms with E-state index >= 15 is 0 Å². The van der Waals surface area contributed by atoms with Gasteiger partial charge >= 0.3 is 5.37 Å². The highest BCUT2D eigenvalue weighted by Crippen LogP contribution is 1.80. The summed E-state index contributed by atoms with van der Waals surface area (Å²) in [5.41, 5.74) is 9.43. The normalized spacial score (nSPS) is 7.57. The molecule has 0 saturated carbocycles. The van der Waals surface area contributed by atoms with Gasteiger partial charge in [0.1, 0.15) is 0 Å². The maximum Gasteiger partial charge on any atom is 0.342 e. The van der Waals surface area contributed by atoms with Gasteiger partial charge in [-0.25, -0.2) is 0 Å². The van der Waals surface area contributed by atoms with Crippen LogP contribution < -0.4 is 11.5 Å². The molecule has 0 aliphatic carbocycles. The van der Waals surface area contributed by atoms with E-state index in [2.05, 4.69) is 16.6 Å². The molecule has 0 aliphatic heterocycles. The van der Waals surface area contributed by atoms with Crippen molar-refractivity contribution in [2.75, 3.05) is 0 Å². The molecule has 0 aliphatic rings. The zero-order valence-electron chi connectivity index (χ0n) is 3.39. The van der Waals surface area contributed by atoms with E-state index in [9.17, 15) is 4.79 Å². The average molecular weight is 122 g/mol. The highest BCUT2D eigenvalue weighted by atomic mass is 35.5. The molecule has 0 spiro atoms. The SMILES string of the molecule is NC(N)=NC(=O)Cl. The van der Waals surface area contributed by atoms with Gasteiger partial charge in [-0.2, -0.15) is 4.99 Å². The fourth-order valence-electron chi connectivity index (χ4n) is 0.101. The highest BCUT2D eigenvalue weighted by molar-refractivity contribution is 6.63. The summed E-state index contributed by atoms with van der Waals surface area (Å²) in [5, 5.41) is -0.903. The van der Waals surface area contributed by atoms with Crippen LogP contribution in [0, 0.1) is 0 Å². The zero-order valence-corrected chi connectivity index (χ0v) is 4.14. The number of hydrogen-bond acceptors (Lipinski definition) is 1. The summed E-state index contributed by atoms with van der Waals surface area (Å²) >= 11 is 4.69. The lowest BCUT2D eigenvalue weighted by atomic mass is 11.0. The van der Waals surface area contributed by atoms with Crippen molar-refractivity contribution < 1.29 is 4.79 Å². The number of guanidine groups is 1. The largest absolute Gasteiger partial charge is 0.370 e. The van der Waals surface area contributed by atoms with Crippen LogP contribution in [0.2, 0.25) is 0 Å². The molecule has 0 aromatic heterocycles. The van der Waals surface area contributed by atoms with E-state index in [4.69, 9.17) is 11.5 Å². The number of carbonyl (C=O) groups is 1. The molecular formula is C2H4ClN3O. The lowest BCUT2D eigenvalue weighted by Gasteiger charge is -1.80. The number of hydrogen-bond donors (Lipinski definition) is 2. The average Bonchev–Trinajstić information content (AvgIpc) is 1.27. The van der Waals surface area contributed by atoms with E-state index in [-0.39, 0.29) is 5.96 Å². The van der Waals surface area contributed by atoms with Crippen molar-refractivity contribution in [3.8, 4) is 0 Å². The van der Waals surface area contributed by atoms with Gasteiger partial charge in [-0.05, 0) is 11.6 Å². The van der Waals surface area contributed by atoms with Gasteiger partial charge in [0.25, 0.3) is 0 Å². The molecule has 0 bridgehead atoms. The minimum Gasteiger partial charge on any atom is -0.370 e. The van der Waals surface area contributed by atoms with Crippen LogP contribution in [-0.2, 0) is 0 Å². The third-order valence-electron chi connectivity index (χ3n) is 0.217. The molecule has 1 amide bonds. The van der Waals surface area contributed by atoms with Crippen LogP contribution >= 0.6 is 11.6 Å². The van der Waals surface area contributed by atoms with Crippen molar-refractivity contribution in [1.29, 1.82) is 0 Å². The van der Waals surface area contributed by atoms with Crippen LogP contribution in [0.25, 0.3) is 0 Å². The van der Waals surface area contributed by atoms with Gasteiger partial charge in [0.05, 0.1) is 0 Å². The third kappa shape index (κ3) is 5.23. The quantitative estimate of drug-likeness (QED) is 0.198. The number of nitrogens with zero attached hydrogens (tertiary/aromatic N) is 1. The molecule has 7 heavy (non-hydrogen) atoms. The molecule has 0 saturated heterocycles. The van der Waals surface area contributed by atoms with Crippen molar-refractivity contribution in [3.63, 3.8) is 0 Å². The van der Waals surface area contributed by atoms with Gasteiger partial charge < -0.3 is 11.5 Å². The highest BCUT2D eigenvalue weighted by Gasteiger charge is 1.86. The zero-order chi connectivity index (χ0) is 5.86. The molecule has 0 aromatic rings. The van der Waals surface area contributed by atoms with Crippen LogP contribution in [0.5, 0.6) is 0 Å². The van der Waals surface area contributed by atoms with Gasteiger partial charge in [-0.1, -0.05) is 0 Å². The van der Waals surface area contributed by atoms with E-state index in [0.29, 0.717) is 0 Å². The van der Waals surface area contributed by atoms with Crippen molar-refractivity contribution in [2.24, 2.45) is 16.5 Å². The molecule has 0 radical (unpaired) electrons. The van der Waals surface area contributed by atoms with Gasteiger partial charge in [-0.3, -0.25) is 4.79 Å². The van der Waals surface area contributed by atoms with Crippen LogP contribution in [0.3, 0.4) is 0 Å². The Balaban J connectivity index is 3.68. The minimum atomic E-state index is -0.903. The van der Waals surface area contributed by atoms with E-state index in [1.807, 2.05) is 0 Å². The number of carbonyl (C=O) groups excluding carboxylic acids is 1. The second-order valence-corrected chi connectivity index (χ2v) is 1.11. The van der Waals surface area contributed by atoms with E-state index in [0.717, 1.165) is 0 Å². The third-order valence-corrected chi connectivity index (χ3v) is 0.302. The lowest BCUT2D eigenvalue weighted by Crippen LogP contribution is -2.23. The molecule has 5 heteroatoms. The van der Waals surface area contributed by atoms with Crippen LogP contribution in [0.1, 0.15) is 0 Å². The Hall–Kier alpha value is -0.770. The Kier molecular flexibility index (Phi) is 2.15. The summed E-state index contributed by atoms with van der Waals surface area (Å²) in [7, 11) is 0. The Morgan fingerprint density at radius 3 is 2.00 bits per heavy atom. The minimum absolute atomic E-state index is 0.319. The predicted molar refractivity (Wildman–Crippen MR) is 27.1 cm³/mol. The molecule has 0 heterocycles. The van der Waals surface area contributed by atoms with Gasteiger partial charge in [0, 0.05) is 0 Å². The molecule has 0 rings (SSSR count). The van der Waals surface area contributed by atoms with Gasteiger partial charge in [0.2, 0.25) is 0 Å². The summed E-state index contributed by atoms with van der Waals surface area (Å²) in [4.78, 5) is 12.5. The molecule has 0 fully saturated rings. The molecule has 0 atom stereocenters. The number of halogens is 1. The second kappa shape index (κ2) is 2.41. The maximum absolute atomic E-state index is 9.67. The lowest BCUT2D eigenvalue weighted by molar-refractivity contribution is 0.266.